The minimum Gasteiger partial charge on any atom is -0.451 e. The highest BCUT2D eigenvalue weighted by molar-refractivity contribution is 5.92. The normalized spacial score (nSPS) is 42.5. The van der Waals surface area contributed by atoms with Crippen molar-refractivity contribution in [3.8, 4) is 0 Å². The van der Waals surface area contributed by atoms with Crippen molar-refractivity contribution in [1.29, 1.82) is 0 Å². The molecule has 1 aromatic heterocycles. The van der Waals surface area contributed by atoms with Gasteiger partial charge in [0.1, 0.15) is 23.0 Å². The number of aryl methyl sites for hydroxylation is 1. The molecule has 8 heteroatoms. The van der Waals surface area contributed by atoms with E-state index in [-0.39, 0.29) is 35.7 Å². The van der Waals surface area contributed by atoms with Gasteiger partial charge in [-0.15, -0.1) is 0 Å². The lowest BCUT2D eigenvalue weighted by Gasteiger charge is -2.55. The smallest absolute Gasteiger partial charge is 0.344 e. The van der Waals surface area contributed by atoms with Crippen LogP contribution in [0.25, 0.3) is 0 Å². The number of fused-ring (bicyclic) bond motifs is 5. The first-order chi connectivity index (χ1) is 18.6. The first-order valence-corrected chi connectivity index (χ1v) is 14.9. The fraction of sp³-hybridized carbons (Fsp3) is 0.750. The minimum atomic E-state index is -1.75. The van der Waals surface area contributed by atoms with Gasteiger partial charge in [0.05, 0.1) is 18.1 Å². The molecule has 9 atom stereocenters. The zero-order valence-electron chi connectivity index (χ0n) is 25.3. The highest BCUT2D eigenvalue weighted by atomic mass is 16.7. The first kappa shape index (κ1) is 28.1. The fourth-order valence-electron chi connectivity index (χ4n) is 8.97. The molecule has 2 bridgehead atoms. The number of aliphatic hydroxyl groups is 2. The zero-order chi connectivity index (χ0) is 29.2. The van der Waals surface area contributed by atoms with Gasteiger partial charge in [0.25, 0.3) is 0 Å². The molecule has 40 heavy (non-hydrogen) atoms. The molecule has 1 unspecified atom stereocenters. The van der Waals surface area contributed by atoms with Gasteiger partial charge in [-0.05, 0) is 67.4 Å². The summed E-state index contributed by atoms with van der Waals surface area (Å²) in [6.07, 6.45) is 2.70. The van der Waals surface area contributed by atoms with Crippen molar-refractivity contribution < 1.29 is 33.7 Å². The van der Waals surface area contributed by atoms with Crippen LogP contribution in [-0.4, -0.2) is 57.6 Å². The third kappa shape index (κ3) is 3.52. The van der Waals surface area contributed by atoms with Crippen LogP contribution in [0.15, 0.2) is 27.8 Å². The molecule has 1 spiro atoms. The summed E-state index contributed by atoms with van der Waals surface area (Å²) in [7, 11) is 0. The second kappa shape index (κ2) is 8.76. The summed E-state index contributed by atoms with van der Waals surface area (Å²) in [5.41, 5.74) is -0.375. The average Bonchev–Trinajstić information content (AvgIpc) is 3.16. The Balaban J connectivity index is 1.50. The molecular weight excluding hydrogens is 510 g/mol. The third-order valence-corrected chi connectivity index (χ3v) is 11.0. The summed E-state index contributed by atoms with van der Waals surface area (Å²) in [5.74, 6) is -0.707. The highest BCUT2D eigenvalue weighted by Gasteiger charge is 2.77. The lowest BCUT2D eigenvalue weighted by Crippen LogP contribution is -2.69. The molecule has 0 amide bonds. The summed E-state index contributed by atoms with van der Waals surface area (Å²) in [6.45, 7) is 18.3. The Morgan fingerprint density at radius 2 is 1.95 bits per heavy atom. The van der Waals surface area contributed by atoms with Gasteiger partial charge in [0.15, 0.2) is 17.7 Å². The topological polar surface area (TPSA) is 111 Å². The molecule has 2 saturated carbocycles. The van der Waals surface area contributed by atoms with Crippen molar-refractivity contribution in [1.82, 2.24) is 5.16 Å². The number of rotatable bonds is 4. The lowest BCUT2D eigenvalue weighted by atomic mass is 9.58. The predicted molar refractivity (Wildman–Crippen MR) is 147 cm³/mol. The molecule has 1 aliphatic heterocycles. The number of hydrogen-bond donors (Lipinski definition) is 2. The molecule has 2 N–H and O–H groups in total. The Hall–Kier alpha value is -2.00. The maximum Gasteiger partial charge on any atom is 0.344 e. The SMILES string of the molecule is CCc1onc(C(C)C)c1C(=O)O[C@H]1C(C)=C[C@]23C(O)[C@@H](C=C4COC(C)(C)O[C@H]4[C@]12O)[C@H]1[C@@H](C[C@H]3C)C1(C)C. The molecule has 5 aliphatic rings. The van der Waals surface area contributed by atoms with E-state index in [1.165, 1.54) is 0 Å². The highest BCUT2D eigenvalue weighted by Crippen LogP contribution is 2.73. The molecule has 8 nitrogen and oxygen atoms in total. The van der Waals surface area contributed by atoms with Gasteiger partial charge in [0, 0.05) is 12.3 Å². The number of aliphatic hydroxyl groups excluding tert-OH is 1. The van der Waals surface area contributed by atoms with Crippen LogP contribution in [0.1, 0.15) is 96.5 Å². The molecule has 1 aromatic rings. The Morgan fingerprint density at radius 1 is 1.25 bits per heavy atom. The second-order valence-corrected chi connectivity index (χ2v) is 14.3. The van der Waals surface area contributed by atoms with Gasteiger partial charge in [-0.25, -0.2) is 4.79 Å². The van der Waals surface area contributed by atoms with Crippen LogP contribution >= 0.6 is 0 Å². The molecule has 220 valence electrons. The number of esters is 1. The zero-order valence-corrected chi connectivity index (χ0v) is 25.3. The summed E-state index contributed by atoms with van der Waals surface area (Å²) >= 11 is 0. The fourth-order valence-corrected chi connectivity index (χ4v) is 8.97. The van der Waals surface area contributed by atoms with Crippen LogP contribution in [0, 0.1) is 34.5 Å². The molecule has 1 saturated heterocycles. The van der Waals surface area contributed by atoms with Crippen molar-refractivity contribution in [2.24, 2.45) is 34.5 Å². The van der Waals surface area contributed by atoms with Crippen LogP contribution in [-0.2, 0) is 20.6 Å². The van der Waals surface area contributed by atoms with E-state index in [0.29, 0.717) is 34.9 Å². The molecule has 6 rings (SSSR count). The van der Waals surface area contributed by atoms with E-state index in [4.69, 9.17) is 18.7 Å². The van der Waals surface area contributed by atoms with Gasteiger partial charge < -0.3 is 28.9 Å². The third-order valence-electron chi connectivity index (χ3n) is 11.0. The summed E-state index contributed by atoms with van der Waals surface area (Å²) in [4.78, 5) is 13.9. The number of carbonyl (C=O) groups is 1. The summed E-state index contributed by atoms with van der Waals surface area (Å²) in [6, 6.07) is 0. The van der Waals surface area contributed by atoms with E-state index < -0.39 is 41.1 Å². The van der Waals surface area contributed by atoms with Crippen LogP contribution in [0.4, 0.5) is 0 Å². The Bertz CT molecular complexity index is 1290. The maximum absolute atomic E-state index is 13.9. The Kier molecular flexibility index (Phi) is 6.16. The molecule has 0 aromatic carbocycles. The van der Waals surface area contributed by atoms with Crippen LogP contribution in [0.3, 0.4) is 0 Å². The molecule has 4 aliphatic carbocycles. The van der Waals surface area contributed by atoms with Crippen molar-refractivity contribution in [3.05, 3.63) is 40.3 Å². The van der Waals surface area contributed by atoms with Gasteiger partial charge >= 0.3 is 5.97 Å². The van der Waals surface area contributed by atoms with E-state index in [1.54, 1.807) is 0 Å². The molecular formula is C32H45NO7. The van der Waals surface area contributed by atoms with E-state index in [0.717, 1.165) is 12.0 Å². The van der Waals surface area contributed by atoms with Gasteiger partial charge in [-0.3, -0.25) is 0 Å². The summed E-state index contributed by atoms with van der Waals surface area (Å²) < 4.78 is 24.5. The Morgan fingerprint density at radius 3 is 2.60 bits per heavy atom. The number of nitrogens with zero attached hydrogens (tertiary/aromatic N) is 1. The predicted octanol–water partition coefficient (Wildman–Crippen LogP) is 4.94. The molecule has 2 heterocycles. The molecule has 0 radical (unpaired) electrons. The number of aromatic nitrogens is 1. The number of carbonyl (C=O) groups excluding carboxylic acids is 1. The maximum atomic E-state index is 13.9. The lowest BCUT2D eigenvalue weighted by molar-refractivity contribution is -0.312. The van der Waals surface area contributed by atoms with E-state index in [1.807, 2.05) is 47.6 Å². The summed E-state index contributed by atoms with van der Waals surface area (Å²) in [5, 5.41) is 29.8. The van der Waals surface area contributed by atoms with Crippen LogP contribution in [0.2, 0.25) is 0 Å². The number of ether oxygens (including phenoxy) is 3. The minimum absolute atomic E-state index is 0.0483. The largest absolute Gasteiger partial charge is 0.451 e. The standard InChI is InChI=1S/C32H45NO7/c1-10-21-22(24(15(2)3)33-40-21)28(35)38-26-16(4)13-31-17(5)11-20-23(29(20,6)7)19(25(31)34)12-18-14-37-30(8,9)39-27(18)32(26,31)36/h12-13,15,17,19-20,23,25-27,34,36H,10-11,14H2,1-9H3/t17-,19+,20-,23+,25?,26+,27-,31+,32-/m1/s1. The van der Waals surface area contributed by atoms with Crippen molar-refractivity contribution in [2.75, 3.05) is 6.61 Å². The average molecular weight is 556 g/mol. The van der Waals surface area contributed by atoms with Crippen molar-refractivity contribution in [3.63, 3.8) is 0 Å². The van der Waals surface area contributed by atoms with Gasteiger partial charge in [-0.2, -0.15) is 0 Å². The van der Waals surface area contributed by atoms with E-state index in [9.17, 15) is 15.0 Å². The van der Waals surface area contributed by atoms with Gasteiger partial charge in [0.2, 0.25) is 0 Å². The quantitative estimate of drug-likeness (QED) is 0.397. The Labute approximate surface area is 237 Å². The van der Waals surface area contributed by atoms with Crippen molar-refractivity contribution >= 4 is 5.97 Å². The van der Waals surface area contributed by atoms with Gasteiger partial charge in [-0.1, -0.05) is 58.9 Å². The van der Waals surface area contributed by atoms with E-state index >= 15 is 0 Å². The van der Waals surface area contributed by atoms with Crippen molar-refractivity contribution in [2.45, 2.75) is 111 Å². The van der Waals surface area contributed by atoms with Crippen LogP contribution in [0.5, 0.6) is 0 Å². The number of hydrogen-bond acceptors (Lipinski definition) is 8. The monoisotopic (exact) mass is 555 g/mol. The van der Waals surface area contributed by atoms with Crippen LogP contribution < -0.4 is 0 Å². The van der Waals surface area contributed by atoms with E-state index in [2.05, 4.69) is 32.0 Å². The molecule has 3 fully saturated rings. The first-order valence-electron chi connectivity index (χ1n) is 14.9. The second-order valence-electron chi connectivity index (χ2n) is 14.3.